The van der Waals surface area contributed by atoms with E-state index in [9.17, 15) is 4.79 Å². The van der Waals surface area contributed by atoms with Gasteiger partial charge in [-0.3, -0.25) is 4.79 Å². The van der Waals surface area contributed by atoms with Crippen LogP contribution in [0.4, 0.5) is 0 Å². The Bertz CT molecular complexity index is 514. The number of nitrogens with one attached hydrogen (secondary N) is 1. The molecule has 2 aliphatic rings. The van der Waals surface area contributed by atoms with Crippen LogP contribution in [0.1, 0.15) is 41.3 Å². The first-order chi connectivity index (χ1) is 10.6. The number of fused-ring (bicyclic) bond motifs is 1. The van der Waals surface area contributed by atoms with E-state index in [0.717, 1.165) is 43.8 Å². The first kappa shape index (κ1) is 15.9. The molecule has 1 fully saturated rings. The predicted molar refractivity (Wildman–Crippen MR) is 87.1 cm³/mol. The summed E-state index contributed by atoms with van der Waals surface area (Å²) >= 11 is 1.78. The van der Waals surface area contributed by atoms with E-state index in [1.54, 1.807) is 23.3 Å². The lowest BCUT2D eigenvalue weighted by atomic mass is 9.90. The number of piperidine rings is 1. The van der Waals surface area contributed by atoms with Crippen LogP contribution in [-0.4, -0.2) is 48.6 Å². The Labute approximate surface area is 136 Å². The van der Waals surface area contributed by atoms with Crippen molar-refractivity contribution in [1.82, 2.24) is 15.2 Å². The van der Waals surface area contributed by atoms with Crippen molar-refractivity contribution in [2.75, 3.05) is 27.2 Å². The molecular weight excluding hydrogens is 298 g/mol. The first-order valence-electron chi connectivity index (χ1n) is 8.13. The second-order valence-corrected chi connectivity index (χ2v) is 7.46. The van der Waals surface area contributed by atoms with E-state index < -0.39 is 5.60 Å². The number of methoxy groups -OCH3 is 1. The number of ether oxygens (including phenoxy) is 1. The first-order valence-corrected chi connectivity index (χ1v) is 8.95. The fourth-order valence-electron chi connectivity index (χ4n) is 3.43. The molecule has 1 amide bonds. The Hall–Kier alpha value is -0.980. The summed E-state index contributed by atoms with van der Waals surface area (Å²) in [5.41, 5.74) is 0.604. The number of thiazole rings is 1. The average molecular weight is 323 g/mol. The van der Waals surface area contributed by atoms with Crippen molar-refractivity contribution in [2.24, 2.45) is 0 Å². The lowest BCUT2D eigenvalue weighted by molar-refractivity contribution is -0.157. The Balaban J connectivity index is 1.69. The van der Waals surface area contributed by atoms with Gasteiger partial charge in [-0.05, 0) is 51.6 Å². The highest BCUT2D eigenvalue weighted by Gasteiger charge is 2.41. The van der Waals surface area contributed by atoms with Crippen molar-refractivity contribution >= 4 is 17.2 Å². The van der Waals surface area contributed by atoms with Crippen LogP contribution < -0.4 is 5.32 Å². The normalized spacial score (nSPS) is 20.5. The maximum atomic E-state index is 12.8. The summed E-state index contributed by atoms with van der Waals surface area (Å²) in [7, 11) is 3.52. The second kappa shape index (κ2) is 6.64. The number of aromatic nitrogens is 1. The number of carbonyl (C=O) groups excluding carboxylic acids is 1. The summed E-state index contributed by atoms with van der Waals surface area (Å²) in [5, 5.41) is 4.35. The standard InChI is InChI=1S/C16H25N3O2S/c1-19(15(20)16(21-2)7-9-17-10-8-16)11-14-18-12-5-3-4-6-13(12)22-14/h17H,3-11H2,1-2H3. The summed E-state index contributed by atoms with van der Waals surface area (Å²) in [6.45, 7) is 2.26. The summed E-state index contributed by atoms with van der Waals surface area (Å²) in [6.07, 6.45) is 6.23. The molecule has 0 bridgehead atoms. The molecule has 6 heteroatoms. The van der Waals surface area contributed by atoms with Gasteiger partial charge in [-0.25, -0.2) is 4.98 Å². The Morgan fingerprint density at radius 2 is 2.09 bits per heavy atom. The maximum absolute atomic E-state index is 12.8. The third kappa shape index (κ3) is 3.05. The smallest absolute Gasteiger partial charge is 0.255 e. The molecule has 5 nitrogen and oxygen atoms in total. The van der Waals surface area contributed by atoms with E-state index in [1.165, 1.54) is 23.4 Å². The summed E-state index contributed by atoms with van der Waals surface area (Å²) < 4.78 is 5.63. The van der Waals surface area contributed by atoms with E-state index >= 15 is 0 Å². The van der Waals surface area contributed by atoms with Gasteiger partial charge in [-0.1, -0.05) is 0 Å². The molecule has 3 rings (SSSR count). The quantitative estimate of drug-likeness (QED) is 0.917. The van der Waals surface area contributed by atoms with Gasteiger partial charge in [0.2, 0.25) is 0 Å². The van der Waals surface area contributed by atoms with Crippen LogP contribution in [0.5, 0.6) is 0 Å². The molecule has 1 saturated heterocycles. The molecule has 0 radical (unpaired) electrons. The molecule has 1 aromatic rings. The fraction of sp³-hybridized carbons (Fsp3) is 0.750. The van der Waals surface area contributed by atoms with Crippen molar-refractivity contribution in [3.63, 3.8) is 0 Å². The van der Waals surface area contributed by atoms with Gasteiger partial charge >= 0.3 is 0 Å². The molecule has 0 saturated carbocycles. The van der Waals surface area contributed by atoms with Crippen LogP contribution in [0.15, 0.2) is 0 Å². The van der Waals surface area contributed by atoms with E-state index in [4.69, 9.17) is 9.72 Å². The Morgan fingerprint density at radius 3 is 2.77 bits per heavy atom. The van der Waals surface area contributed by atoms with Crippen LogP contribution in [0.2, 0.25) is 0 Å². The molecule has 0 spiro atoms. The van der Waals surface area contributed by atoms with Gasteiger partial charge in [0.05, 0.1) is 12.2 Å². The van der Waals surface area contributed by atoms with Crippen molar-refractivity contribution in [2.45, 2.75) is 50.7 Å². The van der Waals surface area contributed by atoms with Gasteiger partial charge < -0.3 is 15.0 Å². The number of amides is 1. The van der Waals surface area contributed by atoms with Gasteiger partial charge in [-0.2, -0.15) is 0 Å². The summed E-state index contributed by atoms with van der Waals surface area (Å²) in [5.74, 6) is 0.0877. The Morgan fingerprint density at radius 1 is 1.36 bits per heavy atom. The van der Waals surface area contributed by atoms with Crippen molar-refractivity contribution in [3.8, 4) is 0 Å². The van der Waals surface area contributed by atoms with E-state index in [2.05, 4.69) is 5.32 Å². The number of aryl methyl sites for hydroxylation is 2. The largest absolute Gasteiger partial charge is 0.368 e. The van der Waals surface area contributed by atoms with Gasteiger partial charge in [0.15, 0.2) is 0 Å². The van der Waals surface area contributed by atoms with Gasteiger partial charge in [0.25, 0.3) is 5.91 Å². The van der Waals surface area contributed by atoms with Crippen molar-refractivity contribution < 1.29 is 9.53 Å². The van der Waals surface area contributed by atoms with Gasteiger partial charge in [-0.15, -0.1) is 11.3 Å². The van der Waals surface area contributed by atoms with E-state index in [-0.39, 0.29) is 5.91 Å². The minimum atomic E-state index is -0.656. The molecule has 22 heavy (non-hydrogen) atoms. The third-order valence-electron chi connectivity index (χ3n) is 4.80. The summed E-state index contributed by atoms with van der Waals surface area (Å²) in [4.78, 5) is 20.8. The zero-order chi connectivity index (χ0) is 15.6. The number of hydrogen-bond donors (Lipinski definition) is 1. The number of hydrogen-bond acceptors (Lipinski definition) is 5. The highest BCUT2D eigenvalue weighted by molar-refractivity contribution is 7.11. The zero-order valence-electron chi connectivity index (χ0n) is 13.5. The van der Waals surface area contributed by atoms with Crippen LogP contribution in [0.3, 0.4) is 0 Å². The average Bonchev–Trinajstić information content (AvgIpc) is 2.96. The topological polar surface area (TPSA) is 54.5 Å². The Kier molecular flexibility index (Phi) is 4.80. The van der Waals surface area contributed by atoms with Gasteiger partial charge in [0, 0.05) is 19.0 Å². The molecule has 2 heterocycles. The summed E-state index contributed by atoms with van der Waals surface area (Å²) in [6, 6.07) is 0. The van der Waals surface area contributed by atoms with Crippen LogP contribution >= 0.6 is 11.3 Å². The number of nitrogens with zero attached hydrogens (tertiary/aromatic N) is 2. The molecule has 0 unspecified atom stereocenters. The van der Waals surface area contributed by atoms with Crippen LogP contribution in [0.25, 0.3) is 0 Å². The van der Waals surface area contributed by atoms with Crippen LogP contribution in [0, 0.1) is 0 Å². The highest BCUT2D eigenvalue weighted by Crippen LogP contribution is 2.29. The maximum Gasteiger partial charge on any atom is 0.255 e. The molecule has 1 N–H and O–H groups in total. The van der Waals surface area contributed by atoms with Crippen molar-refractivity contribution in [3.05, 3.63) is 15.6 Å². The third-order valence-corrected chi connectivity index (χ3v) is 5.94. The van der Waals surface area contributed by atoms with Crippen LogP contribution in [-0.2, 0) is 28.9 Å². The highest BCUT2D eigenvalue weighted by atomic mass is 32.1. The lowest BCUT2D eigenvalue weighted by Crippen LogP contribution is -2.54. The minimum absolute atomic E-state index is 0.0877. The second-order valence-electron chi connectivity index (χ2n) is 6.29. The molecule has 1 aromatic heterocycles. The lowest BCUT2D eigenvalue weighted by Gasteiger charge is -2.37. The van der Waals surface area contributed by atoms with E-state index in [0.29, 0.717) is 6.54 Å². The molecule has 1 aliphatic carbocycles. The predicted octanol–water partition coefficient (Wildman–Crippen LogP) is 1.75. The molecule has 1 aliphatic heterocycles. The molecular formula is C16H25N3O2S. The minimum Gasteiger partial charge on any atom is -0.368 e. The zero-order valence-corrected chi connectivity index (χ0v) is 14.3. The molecule has 0 atom stereocenters. The number of likely N-dealkylation sites (N-methyl/N-ethyl adjacent to an activating group) is 1. The molecule has 0 aromatic carbocycles. The number of carbonyl (C=O) groups is 1. The number of rotatable bonds is 4. The monoisotopic (exact) mass is 323 g/mol. The van der Waals surface area contributed by atoms with E-state index in [1.807, 2.05) is 7.05 Å². The van der Waals surface area contributed by atoms with Crippen molar-refractivity contribution in [1.29, 1.82) is 0 Å². The van der Waals surface area contributed by atoms with Gasteiger partial charge in [0.1, 0.15) is 10.6 Å². The SMILES string of the molecule is COC1(C(=O)N(C)Cc2nc3c(s2)CCCC3)CCNCC1. The fourth-order valence-corrected chi connectivity index (χ4v) is 4.64. The molecule has 122 valence electrons.